The molecule has 0 fully saturated rings. The number of rotatable bonds is 1. The summed E-state index contributed by atoms with van der Waals surface area (Å²) in [7, 11) is 1.78. The van der Waals surface area contributed by atoms with Crippen molar-refractivity contribution >= 4 is 28.6 Å². The topological polar surface area (TPSA) is 55.1 Å². The van der Waals surface area contributed by atoms with E-state index in [-0.39, 0.29) is 5.56 Å². The number of hydrogen-bond acceptors (Lipinski definition) is 2. The minimum atomic E-state index is -0.987. The lowest BCUT2D eigenvalue weighted by molar-refractivity contribution is 0.0696. The number of aryl methyl sites for hydroxylation is 1. The number of carboxylic acids is 1. The molecule has 0 aromatic carbocycles. The van der Waals surface area contributed by atoms with Crippen LogP contribution in [0.4, 0.5) is 0 Å². The molecular formula is C9H7ClN2O2. The molecule has 0 saturated heterocycles. The first-order valence-corrected chi connectivity index (χ1v) is 4.31. The van der Waals surface area contributed by atoms with E-state index < -0.39 is 5.97 Å². The Morgan fingerprint density at radius 2 is 2.29 bits per heavy atom. The third kappa shape index (κ3) is 1.24. The fourth-order valence-electron chi connectivity index (χ4n) is 1.30. The molecule has 0 bridgehead atoms. The Balaban J connectivity index is 2.73. The van der Waals surface area contributed by atoms with E-state index in [1.807, 2.05) is 0 Å². The molecule has 4 nitrogen and oxygen atoms in total. The van der Waals surface area contributed by atoms with Crippen molar-refractivity contribution < 1.29 is 9.90 Å². The summed E-state index contributed by atoms with van der Waals surface area (Å²) in [5, 5.41) is 10.0. The maximum absolute atomic E-state index is 10.7. The van der Waals surface area contributed by atoms with Gasteiger partial charge in [-0.3, -0.25) is 0 Å². The SMILES string of the molecule is Cn1c(Cl)cc2cc(C(=O)O)cnc21. The molecule has 0 aliphatic heterocycles. The zero-order chi connectivity index (χ0) is 10.3. The van der Waals surface area contributed by atoms with Gasteiger partial charge in [-0.15, -0.1) is 0 Å². The highest BCUT2D eigenvalue weighted by atomic mass is 35.5. The molecule has 2 aromatic heterocycles. The van der Waals surface area contributed by atoms with Gasteiger partial charge in [0.15, 0.2) is 0 Å². The number of fused-ring (bicyclic) bond motifs is 1. The van der Waals surface area contributed by atoms with Crippen LogP contribution in [-0.2, 0) is 7.05 Å². The number of nitrogens with zero attached hydrogens (tertiary/aromatic N) is 2. The Labute approximate surface area is 84.7 Å². The lowest BCUT2D eigenvalue weighted by Crippen LogP contribution is -1.97. The molecule has 72 valence electrons. The van der Waals surface area contributed by atoms with Crippen LogP contribution in [0.1, 0.15) is 10.4 Å². The van der Waals surface area contributed by atoms with Crippen LogP contribution in [0.3, 0.4) is 0 Å². The number of carbonyl (C=O) groups is 1. The van der Waals surface area contributed by atoms with E-state index in [0.717, 1.165) is 5.39 Å². The van der Waals surface area contributed by atoms with Crippen molar-refractivity contribution in [3.05, 3.63) is 29.0 Å². The van der Waals surface area contributed by atoms with Crippen LogP contribution in [0.25, 0.3) is 11.0 Å². The quantitative estimate of drug-likeness (QED) is 0.783. The molecule has 2 heterocycles. The Kier molecular flexibility index (Phi) is 1.93. The largest absolute Gasteiger partial charge is 0.478 e. The second-order valence-corrected chi connectivity index (χ2v) is 3.36. The van der Waals surface area contributed by atoms with E-state index in [0.29, 0.717) is 10.8 Å². The average Bonchev–Trinajstić information content (AvgIpc) is 2.42. The normalized spacial score (nSPS) is 10.7. The van der Waals surface area contributed by atoms with Crippen molar-refractivity contribution in [2.75, 3.05) is 0 Å². The monoisotopic (exact) mass is 210 g/mol. The molecule has 5 heteroatoms. The Hall–Kier alpha value is -1.55. The summed E-state index contributed by atoms with van der Waals surface area (Å²) in [5.41, 5.74) is 0.847. The van der Waals surface area contributed by atoms with E-state index in [2.05, 4.69) is 4.98 Å². The highest BCUT2D eigenvalue weighted by molar-refractivity contribution is 6.30. The van der Waals surface area contributed by atoms with Gasteiger partial charge < -0.3 is 9.67 Å². The third-order valence-corrected chi connectivity index (χ3v) is 2.42. The molecule has 0 unspecified atom stereocenters. The zero-order valence-corrected chi connectivity index (χ0v) is 8.12. The lowest BCUT2D eigenvalue weighted by atomic mass is 10.2. The fourth-order valence-corrected chi connectivity index (χ4v) is 1.50. The molecule has 0 aliphatic carbocycles. The second kappa shape index (κ2) is 2.99. The molecular weight excluding hydrogens is 204 g/mol. The van der Waals surface area contributed by atoms with Crippen LogP contribution in [0.2, 0.25) is 5.15 Å². The van der Waals surface area contributed by atoms with Gasteiger partial charge in [0.25, 0.3) is 0 Å². The van der Waals surface area contributed by atoms with E-state index in [4.69, 9.17) is 16.7 Å². The van der Waals surface area contributed by atoms with Crippen LogP contribution < -0.4 is 0 Å². The molecule has 0 spiro atoms. The number of carboxylic acid groups (broad SMARTS) is 1. The van der Waals surface area contributed by atoms with Gasteiger partial charge in [-0.25, -0.2) is 9.78 Å². The number of hydrogen-bond donors (Lipinski definition) is 1. The molecule has 0 aliphatic rings. The van der Waals surface area contributed by atoms with E-state index in [9.17, 15) is 4.79 Å². The Bertz CT molecular complexity index is 519. The summed E-state index contributed by atoms with van der Waals surface area (Å²) >= 11 is 5.86. The molecule has 2 rings (SSSR count). The molecule has 0 amide bonds. The smallest absolute Gasteiger partial charge is 0.337 e. The van der Waals surface area contributed by atoms with Gasteiger partial charge in [-0.1, -0.05) is 11.6 Å². The maximum Gasteiger partial charge on any atom is 0.337 e. The van der Waals surface area contributed by atoms with Crippen LogP contribution in [-0.4, -0.2) is 20.6 Å². The maximum atomic E-state index is 10.7. The number of halogens is 1. The van der Waals surface area contributed by atoms with Gasteiger partial charge in [0, 0.05) is 18.6 Å². The number of pyridine rings is 1. The first-order valence-electron chi connectivity index (χ1n) is 3.94. The van der Waals surface area contributed by atoms with Crippen molar-refractivity contribution in [2.45, 2.75) is 0 Å². The molecule has 0 radical (unpaired) electrons. The van der Waals surface area contributed by atoms with Gasteiger partial charge in [-0.2, -0.15) is 0 Å². The van der Waals surface area contributed by atoms with Crippen molar-refractivity contribution in [3.8, 4) is 0 Å². The summed E-state index contributed by atoms with van der Waals surface area (Å²) in [4.78, 5) is 14.7. The van der Waals surface area contributed by atoms with Crippen LogP contribution in [0.15, 0.2) is 18.3 Å². The van der Waals surface area contributed by atoms with Crippen molar-refractivity contribution in [3.63, 3.8) is 0 Å². The van der Waals surface area contributed by atoms with Gasteiger partial charge in [-0.05, 0) is 12.1 Å². The summed E-state index contributed by atoms with van der Waals surface area (Å²) in [6, 6.07) is 3.24. The standard InChI is InChI=1S/C9H7ClN2O2/c1-12-7(10)3-5-2-6(9(13)14)4-11-8(5)12/h2-4H,1H3,(H,13,14). The highest BCUT2D eigenvalue weighted by Crippen LogP contribution is 2.21. The minimum absolute atomic E-state index is 0.166. The molecule has 1 N–H and O–H groups in total. The summed E-state index contributed by atoms with van der Waals surface area (Å²) in [6.45, 7) is 0. The fraction of sp³-hybridized carbons (Fsp3) is 0.111. The Morgan fingerprint density at radius 1 is 1.57 bits per heavy atom. The van der Waals surface area contributed by atoms with E-state index in [1.54, 1.807) is 23.7 Å². The van der Waals surface area contributed by atoms with Crippen molar-refractivity contribution in [2.24, 2.45) is 7.05 Å². The number of aromatic nitrogens is 2. The van der Waals surface area contributed by atoms with Crippen LogP contribution in [0.5, 0.6) is 0 Å². The predicted molar refractivity (Wildman–Crippen MR) is 52.7 cm³/mol. The van der Waals surface area contributed by atoms with Gasteiger partial charge in [0.05, 0.1) is 5.56 Å². The predicted octanol–water partition coefficient (Wildman–Crippen LogP) is 1.92. The summed E-state index contributed by atoms with van der Waals surface area (Å²) in [5.74, 6) is -0.987. The first-order chi connectivity index (χ1) is 6.59. The highest BCUT2D eigenvalue weighted by Gasteiger charge is 2.08. The molecule has 0 saturated carbocycles. The first kappa shape index (κ1) is 9.02. The van der Waals surface area contributed by atoms with Crippen LogP contribution >= 0.6 is 11.6 Å². The molecule has 0 atom stereocenters. The minimum Gasteiger partial charge on any atom is -0.478 e. The Morgan fingerprint density at radius 3 is 2.93 bits per heavy atom. The average molecular weight is 211 g/mol. The summed E-state index contributed by atoms with van der Waals surface area (Å²) in [6.07, 6.45) is 1.32. The van der Waals surface area contributed by atoms with Gasteiger partial charge in [0.1, 0.15) is 10.8 Å². The lowest BCUT2D eigenvalue weighted by Gasteiger charge is -1.96. The van der Waals surface area contributed by atoms with Crippen molar-refractivity contribution in [1.29, 1.82) is 0 Å². The van der Waals surface area contributed by atoms with Gasteiger partial charge in [0.2, 0.25) is 0 Å². The zero-order valence-electron chi connectivity index (χ0n) is 7.36. The second-order valence-electron chi connectivity index (χ2n) is 2.97. The van der Waals surface area contributed by atoms with E-state index in [1.165, 1.54) is 6.20 Å². The molecule has 2 aromatic rings. The summed E-state index contributed by atoms with van der Waals surface area (Å²) < 4.78 is 1.70. The number of aromatic carboxylic acids is 1. The van der Waals surface area contributed by atoms with E-state index >= 15 is 0 Å². The third-order valence-electron chi connectivity index (χ3n) is 2.05. The van der Waals surface area contributed by atoms with Crippen molar-refractivity contribution in [1.82, 2.24) is 9.55 Å². The molecule has 14 heavy (non-hydrogen) atoms. The van der Waals surface area contributed by atoms with Gasteiger partial charge >= 0.3 is 5.97 Å². The van der Waals surface area contributed by atoms with Crippen LogP contribution in [0, 0.1) is 0 Å².